The molecule has 0 N–H and O–H groups in total. The highest BCUT2D eigenvalue weighted by Gasteiger charge is 2.39. The molecule has 167 valence electrons. The minimum Gasteiger partial charge on any atom is -0.247 e. The predicted octanol–water partition coefficient (Wildman–Crippen LogP) is 7.85. The summed E-state index contributed by atoms with van der Waals surface area (Å²) in [4.78, 5) is 5.29. The first-order valence-electron chi connectivity index (χ1n) is 12.2. The molecule has 1 atom stereocenters. The van der Waals surface area contributed by atoms with Gasteiger partial charge < -0.3 is 0 Å². The number of allylic oxidation sites excluding steroid dienone is 5. The summed E-state index contributed by atoms with van der Waals surface area (Å²) in [7, 11) is -0.705. The Morgan fingerprint density at radius 3 is 2.24 bits per heavy atom. The number of hydrogen-bond acceptors (Lipinski definition) is 1. The molecule has 3 aromatic carbocycles. The number of nitrogens with zero attached hydrogens (tertiary/aromatic N) is 1. The third-order valence-electron chi connectivity index (χ3n) is 7.80. The van der Waals surface area contributed by atoms with Gasteiger partial charge in [0.05, 0.1) is 20.2 Å². The van der Waals surface area contributed by atoms with Gasteiger partial charge in [-0.2, -0.15) is 0 Å². The van der Waals surface area contributed by atoms with Crippen molar-refractivity contribution in [1.29, 1.82) is 0 Å². The van der Waals surface area contributed by atoms with E-state index in [0.717, 1.165) is 5.69 Å². The zero-order chi connectivity index (χ0) is 23.7. The fourth-order valence-electron chi connectivity index (χ4n) is 6.32. The Morgan fingerprint density at radius 2 is 1.50 bits per heavy atom. The highest BCUT2D eigenvalue weighted by molar-refractivity contribution is 6.72. The first-order chi connectivity index (χ1) is 16.4. The second kappa shape index (κ2) is 7.64. The van der Waals surface area contributed by atoms with Gasteiger partial charge >= 0.3 is 0 Å². The van der Waals surface area contributed by atoms with E-state index in [-0.39, 0.29) is 0 Å². The maximum atomic E-state index is 5.29. The lowest BCUT2D eigenvalue weighted by Crippen LogP contribution is -2.32. The average molecular weight is 457 g/mol. The molecule has 0 amide bonds. The van der Waals surface area contributed by atoms with E-state index in [1.165, 1.54) is 67.0 Å². The summed E-state index contributed by atoms with van der Waals surface area (Å²) < 4.78 is 0. The largest absolute Gasteiger partial charge is 0.247 e. The van der Waals surface area contributed by atoms with Crippen LogP contribution in [0, 0.1) is 6.92 Å². The first-order valence-corrected chi connectivity index (χ1v) is 14.7. The van der Waals surface area contributed by atoms with E-state index in [4.69, 9.17) is 4.99 Å². The molecule has 3 aromatic rings. The van der Waals surface area contributed by atoms with Crippen LogP contribution in [-0.4, -0.2) is 14.5 Å². The predicted molar refractivity (Wildman–Crippen MR) is 149 cm³/mol. The Morgan fingerprint density at radius 1 is 0.794 bits per heavy atom. The molecule has 1 nitrogen and oxygen atoms in total. The Bertz CT molecular complexity index is 1500. The standard InChI is InChI=1S/C32H30NSi/c1-18-16-23-14-10-11-15-24(23)26(18)30-28-25(17-19(2)32(30)34(5)6)33-31-21(4)20(3)27(29(28)31)22-12-8-7-9-13-22/h7-17,26H,1-6H3. The van der Waals surface area contributed by atoms with Crippen LogP contribution >= 0.6 is 0 Å². The number of hydrogen-bond donors (Lipinski definition) is 0. The van der Waals surface area contributed by atoms with Gasteiger partial charge in [0.2, 0.25) is 0 Å². The summed E-state index contributed by atoms with van der Waals surface area (Å²) in [6, 6.07) is 22.2. The zero-order valence-electron chi connectivity index (χ0n) is 20.9. The maximum Gasteiger partial charge on any atom is 0.0799 e. The van der Waals surface area contributed by atoms with Gasteiger partial charge in [-0.25, -0.2) is 4.99 Å². The number of aryl methyl sites for hydroxylation is 1. The summed E-state index contributed by atoms with van der Waals surface area (Å²) in [5, 5.41) is 1.58. The summed E-state index contributed by atoms with van der Waals surface area (Å²) >= 11 is 0. The van der Waals surface area contributed by atoms with Crippen molar-refractivity contribution in [1.82, 2.24) is 0 Å². The number of rotatable bonds is 3. The van der Waals surface area contributed by atoms with Crippen molar-refractivity contribution < 1.29 is 0 Å². The number of benzene rings is 3. The van der Waals surface area contributed by atoms with Crippen LogP contribution in [0.25, 0.3) is 17.2 Å². The van der Waals surface area contributed by atoms with Crippen LogP contribution in [0.1, 0.15) is 60.1 Å². The molecule has 3 aliphatic rings. The van der Waals surface area contributed by atoms with Crippen molar-refractivity contribution in [2.24, 2.45) is 4.99 Å². The van der Waals surface area contributed by atoms with Crippen LogP contribution < -0.4 is 5.19 Å². The van der Waals surface area contributed by atoms with Crippen LogP contribution in [0.4, 0.5) is 5.69 Å². The van der Waals surface area contributed by atoms with Gasteiger partial charge in [0.1, 0.15) is 0 Å². The summed E-state index contributed by atoms with van der Waals surface area (Å²) in [5.41, 5.74) is 17.5. The van der Waals surface area contributed by atoms with Crippen molar-refractivity contribution in [2.75, 3.05) is 0 Å². The fourth-order valence-corrected chi connectivity index (χ4v) is 7.99. The van der Waals surface area contributed by atoms with E-state index in [1.807, 2.05) is 0 Å². The first kappa shape index (κ1) is 21.3. The van der Waals surface area contributed by atoms with E-state index >= 15 is 0 Å². The molecule has 1 aliphatic heterocycles. The summed E-state index contributed by atoms with van der Waals surface area (Å²) in [5.74, 6) is 0.292. The zero-order valence-corrected chi connectivity index (χ0v) is 21.9. The molecule has 1 heterocycles. The van der Waals surface area contributed by atoms with Crippen LogP contribution in [0.2, 0.25) is 13.1 Å². The van der Waals surface area contributed by atoms with Crippen molar-refractivity contribution in [3.05, 3.63) is 111 Å². The molecular formula is C32H30NSi. The van der Waals surface area contributed by atoms with Gasteiger partial charge in [-0.15, -0.1) is 0 Å². The van der Waals surface area contributed by atoms with E-state index < -0.39 is 8.80 Å². The molecule has 0 aromatic heterocycles. The smallest absolute Gasteiger partial charge is 0.0799 e. The minimum atomic E-state index is -0.705. The Balaban J connectivity index is 1.72. The highest BCUT2D eigenvalue weighted by atomic mass is 28.3. The second-order valence-corrected chi connectivity index (χ2v) is 12.7. The van der Waals surface area contributed by atoms with Gasteiger partial charge in [-0.05, 0) is 78.3 Å². The molecule has 0 fully saturated rings. The molecule has 2 aliphatic carbocycles. The Kier molecular flexibility index (Phi) is 4.79. The molecular weight excluding hydrogens is 426 g/mol. The molecule has 0 bridgehead atoms. The van der Waals surface area contributed by atoms with Crippen LogP contribution in [0.5, 0.6) is 0 Å². The Labute approximate surface area is 204 Å². The third-order valence-corrected chi connectivity index (χ3v) is 9.46. The van der Waals surface area contributed by atoms with Gasteiger partial charge in [0, 0.05) is 17.1 Å². The van der Waals surface area contributed by atoms with Crippen molar-refractivity contribution in [2.45, 2.75) is 46.7 Å². The SMILES string of the molecule is CC1=Cc2ccccc2C1c1c2c(cc(C)c1[Si](C)C)N=C1C(C)=C(C)C(c3ccccc3)=C12. The molecule has 2 heteroatoms. The topological polar surface area (TPSA) is 12.4 Å². The van der Waals surface area contributed by atoms with Crippen molar-refractivity contribution >= 4 is 42.6 Å². The van der Waals surface area contributed by atoms with Gasteiger partial charge in [0.25, 0.3) is 0 Å². The molecule has 1 unspecified atom stereocenters. The minimum absolute atomic E-state index is 0.292. The maximum absolute atomic E-state index is 5.29. The molecule has 0 saturated carbocycles. The fraction of sp³-hybridized carbons (Fsp3) is 0.219. The molecule has 6 rings (SSSR count). The molecule has 34 heavy (non-hydrogen) atoms. The van der Waals surface area contributed by atoms with Gasteiger partial charge in [-0.1, -0.05) is 84.5 Å². The third kappa shape index (κ3) is 2.88. The Hall–Kier alpha value is -3.23. The van der Waals surface area contributed by atoms with E-state index in [0.29, 0.717) is 5.92 Å². The quantitative estimate of drug-likeness (QED) is 0.356. The molecule has 0 saturated heterocycles. The van der Waals surface area contributed by atoms with Crippen LogP contribution in [0.3, 0.4) is 0 Å². The lowest BCUT2D eigenvalue weighted by Gasteiger charge is -2.27. The van der Waals surface area contributed by atoms with E-state index in [2.05, 4.69) is 108 Å². The number of fused-ring (bicyclic) bond motifs is 4. The normalized spacial score (nSPS) is 18.4. The monoisotopic (exact) mass is 456 g/mol. The summed E-state index contributed by atoms with van der Waals surface area (Å²) in [6.07, 6.45) is 2.39. The number of aliphatic imine (C=N–C) groups is 1. The van der Waals surface area contributed by atoms with Gasteiger partial charge in [0.15, 0.2) is 0 Å². The lowest BCUT2D eigenvalue weighted by atomic mass is 9.81. The van der Waals surface area contributed by atoms with Gasteiger partial charge in [-0.3, -0.25) is 0 Å². The average Bonchev–Trinajstić information content (AvgIpc) is 3.42. The highest BCUT2D eigenvalue weighted by Crippen LogP contribution is 2.53. The van der Waals surface area contributed by atoms with E-state index in [9.17, 15) is 0 Å². The van der Waals surface area contributed by atoms with Crippen LogP contribution in [0.15, 0.2) is 82.4 Å². The lowest BCUT2D eigenvalue weighted by molar-refractivity contribution is 0.978. The molecule has 0 spiro atoms. The molecule has 1 radical (unpaired) electrons. The summed E-state index contributed by atoms with van der Waals surface area (Å²) in [6.45, 7) is 14.0. The second-order valence-electron chi connectivity index (χ2n) is 10.2. The van der Waals surface area contributed by atoms with Crippen LogP contribution in [-0.2, 0) is 0 Å². The van der Waals surface area contributed by atoms with E-state index in [1.54, 1.807) is 5.19 Å². The van der Waals surface area contributed by atoms with Crippen molar-refractivity contribution in [3.63, 3.8) is 0 Å². The van der Waals surface area contributed by atoms with Crippen molar-refractivity contribution in [3.8, 4) is 0 Å².